The molecule has 0 bridgehead atoms. The van der Waals surface area contributed by atoms with Gasteiger partial charge in [-0.25, -0.2) is 15.0 Å². The highest BCUT2D eigenvalue weighted by Gasteiger charge is 2.27. The smallest absolute Gasteiger partial charge is 0.229 e. The third kappa shape index (κ3) is 3.52. The van der Waals surface area contributed by atoms with Gasteiger partial charge in [-0.15, -0.1) is 11.3 Å². The topological polar surface area (TPSA) is 91.3 Å². The van der Waals surface area contributed by atoms with Crippen molar-refractivity contribution in [2.24, 2.45) is 5.92 Å². The van der Waals surface area contributed by atoms with E-state index in [0.29, 0.717) is 23.9 Å². The van der Waals surface area contributed by atoms with Crippen LogP contribution in [0.4, 0.5) is 16.8 Å². The van der Waals surface area contributed by atoms with Crippen LogP contribution in [0.15, 0.2) is 24.0 Å². The second kappa shape index (κ2) is 7.36. The molecule has 0 spiro atoms. The zero-order chi connectivity index (χ0) is 17.9. The molecule has 0 saturated carbocycles. The minimum Gasteiger partial charge on any atom is -0.355 e. The summed E-state index contributed by atoms with van der Waals surface area (Å²) in [7, 11) is 0. The molecule has 8 nitrogen and oxygen atoms in total. The molecule has 2 aliphatic rings. The summed E-state index contributed by atoms with van der Waals surface area (Å²) in [5, 5.41) is 5.37. The largest absolute Gasteiger partial charge is 0.355 e. The predicted molar refractivity (Wildman–Crippen MR) is 99.3 cm³/mol. The standard InChI is InChI=1S/C17H20N6O2S/c24-15-2-1-6-23(15)14-11-19-13(10-20-14)22-7-3-12(4-8-22)16(25)21-17-18-5-9-26-17/h5,9-12H,1-4,6-8H2,(H,18,21,25). The third-order valence-corrected chi connectivity index (χ3v) is 5.52. The van der Waals surface area contributed by atoms with E-state index in [1.165, 1.54) is 11.3 Å². The molecule has 0 unspecified atom stereocenters. The first kappa shape index (κ1) is 16.9. The summed E-state index contributed by atoms with van der Waals surface area (Å²) in [6.45, 7) is 2.23. The van der Waals surface area contributed by atoms with Crippen LogP contribution in [0, 0.1) is 5.92 Å². The lowest BCUT2D eigenvalue weighted by molar-refractivity contribution is -0.120. The first-order valence-electron chi connectivity index (χ1n) is 8.78. The Balaban J connectivity index is 1.33. The average Bonchev–Trinajstić information content (AvgIpc) is 3.34. The maximum Gasteiger partial charge on any atom is 0.229 e. The maximum atomic E-state index is 12.3. The number of aromatic nitrogens is 3. The lowest BCUT2D eigenvalue weighted by Crippen LogP contribution is -2.38. The Morgan fingerprint density at radius 2 is 1.88 bits per heavy atom. The van der Waals surface area contributed by atoms with E-state index in [2.05, 4.69) is 25.2 Å². The summed E-state index contributed by atoms with van der Waals surface area (Å²) in [5.74, 6) is 1.55. The van der Waals surface area contributed by atoms with Gasteiger partial charge in [0.2, 0.25) is 11.8 Å². The highest BCUT2D eigenvalue weighted by atomic mass is 32.1. The molecule has 9 heteroatoms. The van der Waals surface area contributed by atoms with E-state index < -0.39 is 0 Å². The van der Waals surface area contributed by atoms with E-state index in [9.17, 15) is 9.59 Å². The Hall–Kier alpha value is -2.55. The lowest BCUT2D eigenvalue weighted by atomic mass is 9.96. The number of rotatable bonds is 4. The Morgan fingerprint density at radius 1 is 1.12 bits per heavy atom. The zero-order valence-electron chi connectivity index (χ0n) is 14.3. The van der Waals surface area contributed by atoms with Crippen LogP contribution in [0.5, 0.6) is 0 Å². The molecular formula is C17H20N6O2S. The molecule has 1 N–H and O–H groups in total. The van der Waals surface area contributed by atoms with Crippen LogP contribution in [0.2, 0.25) is 0 Å². The van der Waals surface area contributed by atoms with Crippen molar-refractivity contribution >= 4 is 39.9 Å². The fraction of sp³-hybridized carbons (Fsp3) is 0.471. The molecule has 2 fully saturated rings. The summed E-state index contributed by atoms with van der Waals surface area (Å²) in [6, 6.07) is 0. The van der Waals surface area contributed by atoms with Crippen molar-refractivity contribution in [2.45, 2.75) is 25.7 Å². The molecule has 4 rings (SSSR count). The lowest BCUT2D eigenvalue weighted by Gasteiger charge is -2.31. The number of nitrogens with zero attached hydrogens (tertiary/aromatic N) is 5. The summed E-state index contributed by atoms with van der Waals surface area (Å²) in [6.07, 6.45) is 8.06. The number of thiazole rings is 1. The van der Waals surface area contributed by atoms with Crippen molar-refractivity contribution < 1.29 is 9.59 Å². The predicted octanol–water partition coefficient (Wildman–Crippen LogP) is 1.91. The molecule has 0 aromatic carbocycles. The van der Waals surface area contributed by atoms with Gasteiger partial charge in [-0.05, 0) is 19.3 Å². The molecule has 2 saturated heterocycles. The number of nitrogens with one attached hydrogen (secondary N) is 1. The molecule has 2 aromatic rings. The number of carbonyl (C=O) groups is 2. The molecule has 26 heavy (non-hydrogen) atoms. The van der Waals surface area contributed by atoms with Gasteiger partial charge in [0.05, 0.1) is 12.4 Å². The van der Waals surface area contributed by atoms with E-state index in [4.69, 9.17) is 0 Å². The molecule has 136 valence electrons. The second-order valence-electron chi connectivity index (χ2n) is 6.47. The van der Waals surface area contributed by atoms with Gasteiger partial charge in [0.1, 0.15) is 5.82 Å². The SMILES string of the molecule is O=C(Nc1nccs1)C1CCN(c2cnc(N3CCCC3=O)cn2)CC1. The molecular weight excluding hydrogens is 352 g/mol. The van der Waals surface area contributed by atoms with Gasteiger partial charge in [0, 0.05) is 43.5 Å². The summed E-state index contributed by atoms with van der Waals surface area (Å²) in [4.78, 5) is 40.9. The minimum atomic E-state index is -0.00963. The highest BCUT2D eigenvalue weighted by Crippen LogP contribution is 2.25. The van der Waals surface area contributed by atoms with Crippen LogP contribution >= 0.6 is 11.3 Å². The molecule has 2 aliphatic heterocycles. The second-order valence-corrected chi connectivity index (χ2v) is 7.36. The van der Waals surface area contributed by atoms with Crippen LogP contribution < -0.4 is 15.1 Å². The number of anilines is 3. The normalized spacial score (nSPS) is 18.4. The van der Waals surface area contributed by atoms with E-state index in [-0.39, 0.29) is 17.7 Å². The van der Waals surface area contributed by atoms with Gasteiger partial charge in [-0.1, -0.05) is 0 Å². The molecule has 4 heterocycles. The monoisotopic (exact) mass is 372 g/mol. The van der Waals surface area contributed by atoms with Crippen LogP contribution in [-0.2, 0) is 9.59 Å². The van der Waals surface area contributed by atoms with Crippen molar-refractivity contribution in [3.63, 3.8) is 0 Å². The van der Waals surface area contributed by atoms with E-state index >= 15 is 0 Å². The summed E-state index contributed by atoms with van der Waals surface area (Å²) < 4.78 is 0. The minimum absolute atomic E-state index is 0.00963. The van der Waals surface area contributed by atoms with E-state index in [1.807, 2.05) is 5.38 Å². The Labute approximate surface area is 155 Å². The number of piperidine rings is 1. The number of hydrogen-bond donors (Lipinski definition) is 1. The maximum absolute atomic E-state index is 12.3. The van der Waals surface area contributed by atoms with Crippen molar-refractivity contribution in [3.05, 3.63) is 24.0 Å². The first-order chi connectivity index (χ1) is 12.7. The highest BCUT2D eigenvalue weighted by molar-refractivity contribution is 7.13. The Morgan fingerprint density at radius 3 is 2.50 bits per heavy atom. The summed E-state index contributed by atoms with van der Waals surface area (Å²) in [5.41, 5.74) is 0. The van der Waals surface area contributed by atoms with Gasteiger partial charge >= 0.3 is 0 Å². The molecule has 2 aromatic heterocycles. The van der Waals surface area contributed by atoms with E-state index in [0.717, 1.165) is 38.2 Å². The molecule has 0 atom stereocenters. The van der Waals surface area contributed by atoms with E-state index in [1.54, 1.807) is 23.5 Å². The fourth-order valence-corrected chi connectivity index (χ4v) is 3.90. The molecule has 0 aliphatic carbocycles. The van der Waals surface area contributed by atoms with Crippen LogP contribution in [0.3, 0.4) is 0 Å². The van der Waals surface area contributed by atoms with Gasteiger partial charge in [0.15, 0.2) is 10.9 Å². The average molecular weight is 372 g/mol. The van der Waals surface area contributed by atoms with Crippen molar-refractivity contribution in [2.75, 3.05) is 34.8 Å². The quantitative estimate of drug-likeness (QED) is 0.882. The molecule has 2 amide bonds. The van der Waals surface area contributed by atoms with Crippen molar-refractivity contribution in [1.82, 2.24) is 15.0 Å². The van der Waals surface area contributed by atoms with Crippen LogP contribution in [0.25, 0.3) is 0 Å². The third-order valence-electron chi connectivity index (χ3n) is 4.83. The van der Waals surface area contributed by atoms with Gasteiger partial charge in [-0.2, -0.15) is 0 Å². The van der Waals surface area contributed by atoms with Crippen molar-refractivity contribution in [3.8, 4) is 0 Å². The van der Waals surface area contributed by atoms with Gasteiger partial charge < -0.3 is 10.2 Å². The Kier molecular flexibility index (Phi) is 4.79. The number of carbonyl (C=O) groups excluding carboxylic acids is 2. The molecule has 0 radical (unpaired) electrons. The van der Waals surface area contributed by atoms with Gasteiger partial charge in [0.25, 0.3) is 0 Å². The Bertz CT molecular complexity index is 771. The summed E-state index contributed by atoms with van der Waals surface area (Å²) >= 11 is 1.42. The van der Waals surface area contributed by atoms with Crippen LogP contribution in [0.1, 0.15) is 25.7 Å². The first-order valence-corrected chi connectivity index (χ1v) is 9.66. The number of hydrogen-bond acceptors (Lipinski definition) is 7. The van der Waals surface area contributed by atoms with Crippen LogP contribution in [-0.4, -0.2) is 46.4 Å². The van der Waals surface area contributed by atoms with Crippen molar-refractivity contribution in [1.29, 1.82) is 0 Å². The fourth-order valence-electron chi connectivity index (χ4n) is 3.37. The van der Waals surface area contributed by atoms with Gasteiger partial charge in [-0.3, -0.25) is 14.5 Å². The zero-order valence-corrected chi connectivity index (χ0v) is 15.1. The number of amides is 2.